The van der Waals surface area contributed by atoms with E-state index < -0.39 is 0 Å². The highest BCUT2D eigenvalue weighted by Crippen LogP contribution is 2.48. The Hall–Kier alpha value is -8.54. The molecule has 10 aromatic carbocycles. The minimum absolute atomic E-state index is 0.0966. The molecule has 0 aliphatic carbocycles. The molecule has 302 valence electrons. The fourth-order valence-electron chi connectivity index (χ4n) is 11.2. The van der Waals surface area contributed by atoms with Crippen LogP contribution in [0, 0.1) is 0 Å². The maximum absolute atomic E-state index is 2.54. The number of benzene rings is 10. The van der Waals surface area contributed by atoms with E-state index in [9.17, 15) is 0 Å². The lowest BCUT2D eigenvalue weighted by Crippen LogP contribution is -2.61. The summed E-state index contributed by atoms with van der Waals surface area (Å²) in [5, 5.41) is 5.01. The quantitative estimate of drug-likeness (QED) is 0.161. The van der Waals surface area contributed by atoms with Crippen LogP contribution in [0.15, 0.2) is 237 Å². The summed E-state index contributed by atoms with van der Waals surface area (Å²) in [6, 6.07) is 87.1. The summed E-state index contributed by atoms with van der Waals surface area (Å²) in [7, 11) is 0. The highest BCUT2D eigenvalue weighted by Gasteiger charge is 2.45. The van der Waals surface area contributed by atoms with Crippen molar-refractivity contribution < 1.29 is 0 Å². The molecule has 0 fully saturated rings. The van der Waals surface area contributed by atoms with E-state index in [-0.39, 0.29) is 6.71 Å². The zero-order valence-corrected chi connectivity index (χ0v) is 35.4. The third-order valence-electron chi connectivity index (χ3n) is 13.8. The molecule has 0 unspecified atom stereocenters. The van der Waals surface area contributed by atoms with Crippen molar-refractivity contribution in [2.45, 2.75) is 0 Å². The standard InChI is InChI=1S/C60H39BN4/c1-5-19-40(20-6-1)41-33-34-49-55(37-41)64(44-25-11-4-12-26-44)57-39-45(65-50-30-16-13-27-46(50)47-28-14-17-31-51(47)65)38-56-59(57)61(49)60-54(63(56)43-23-9-3-10-24-43)36-35-53-58(60)48-29-15-18-32-52(48)62(53)42-21-7-2-8-22-42/h1-39H. The van der Waals surface area contributed by atoms with Gasteiger partial charge in [-0.15, -0.1) is 0 Å². The average molecular weight is 827 g/mol. The Morgan fingerprint density at radius 2 is 0.754 bits per heavy atom. The first-order valence-corrected chi connectivity index (χ1v) is 22.5. The largest absolute Gasteiger partial charge is 0.311 e. The van der Waals surface area contributed by atoms with Crippen molar-refractivity contribution in [3.63, 3.8) is 0 Å². The molecule has 2 aliphatic heterocycles. The normalized spacial score (nSPS) is 12.8. The van der Waals surface area contributed by atoms with Gasteiger partial charge in [-0.3, -0.25) is 0 Å². The average Bonchev–Trinajstić information content (AvgIpc) is 3.90. The summed E-state index contributed by atoms with van der Waals surface area (Å²) >= 11 is 0. The molecule has 0 spiro atoms. The second-order valence-electron chi connectivity index (χ2n) is 17.3. The van der Waals surface area contributed by atoms with Gasteiger partial charge in [0, 0.05) is 61.4 Å². The lowest BCUT2D eigenvalue weighted by molar-refractivity contribution is 1.16. The molecule has 2 aromatic heterocycles. The number of fused-ring (bicyclic) bond motifs is 11. The van der Waals surface area contributed by atoms with Crippen LogP contribution >= 0.6 is 0 Å². The van der Waals surface area contributed by atoms with Gasteiger partial charge in [0.2, 0.25) is 0 Å². The molecule has 14 rings (SSSR count). The van der Waals surface area contributed by atoms with E-state index >= 15 is 0 Å². The molecule has 0 atom stereocenters. The molecule has 0 amide bonds. The molecule has 4 heterocycles. The van der Waals surface area contributed by atoms with Gasteiger partial charge in [-0.05, 0) is 112 Å². The van der Waals surface area contributed by atoms with Gasteiger partial charge in [0.05, 0.1) is 27.8 Å². The minimum Gasteiger partial charge on any atom is -0.311 e. The molecule has 65 heavy (non-hydrogen) atoms. The Balaban J connectivity index is 1.17. The molecule has 5 heteroatoms. The lowest BCUT2D eigenvalue weighted by atomic mass is 9.33. The maximum atomic E-state index is 2.54. The first-order chi connectivity index (χ1) is 32.3. The Bertz CT molecular complexity index is 3790. The number of hydrogen-bond acceptors (Lipinski definition) is 2. The Morgan fingerprint density at radius 3 is 1.35 bits per heavy atom. The van der Waals surface area contributed by atoms with Gasteiger partial charge in [0.1, 0.15) is 0 Å². The van der Waals surface area contributed by atoms with Gasteiger partial charge < -0.3 is 18.9 Å². The van der Waals surface area contributed by atoms with Crippen molar-refractivity contribution in [1.82, 2.24) is 9.13 Å². The van der Waals surface area contributed by atoms with Gasteiger partial charge in [0.15, 0.2) is 0 Å². The predicted octanol–water partition coefficient (Wildman–Crippen LogP) is 13.6. The van der Waals surface area contributed by atoms with Gasteiger partial charge in [0.25, 0.3) is 6.71 Å². The fraction of sp³-hybridized carbons (Fsp3) is 0. The molecular weight excluding hydrogens is 787 g/mol. The number of anilines is 6. The van der Waals surface area contributed by atoms with Gasteiger partial charge in [-0.2, -0.15) is 0 Å². The van der Waals surface area contributed by atoms with Crippen LogP contribution in [0.25, 0.3) is 66.1 Å². The topological polar surface area (TPSA) is 16.3 Å². The molecule has 4 nitrogen and oxygen atoms in total. The summed E-state index contributed by atoms with van der Waals surface area (Å²) < 4.78 is 4.93. The molecule has 0 N–H and O–H groups in total. The van der Waals surface area contributed by atoms with Crippen LogP contribution in [0.3, 0.4) is 0 Å². The van der Waals surface area contributed by atoms with Crippen molar-refractivity contribution in [3.8, 4) is 22.5 Å². The van der Waals surface area contributed by atoms with Crippen molar-refractivity contribution >= 4 is 101 Å². The van der Waals surface area contributed by atoms with Crippen LogP contribution < -0.4 is 26.2 Å². The SMILES string of the molecule is c1ccc(-c2ccc3c(c2)N(c2ccccc2)c2cc(-n4c5ccccc5c5ccccc54)cc4c2B3c2c(ccc3c2c2ccccc2n3-c2ccccc2)N4c2ccccc2)cc1. The highest BCUT2D eigenvalue weighted by molar-refractivity contribution is 7.02. The van der Waals surface area contributed by atoms with E-state index in [0.29, 0.717) is 0 Å². The highest BCUT2D eigenvalue weighted by atomic mass is 15.2. The van der Waals surface area contributed by atoms with E-state index in [2.05, 4.69) is 256 Å². The maximum Gasteiger partial charge on any atom is 0.253 e. The van der Waals surface area contributed by atoms with Crippen LogP contribution in [-0.4, -0.2) is 15.8 Å². The van der Waals surface area contributed by atoms with Crippen LogP contribution in [0.2, 0.25) is 0 Å². The molecule has 0 saturated heterocycles. The van der Waals surface area contributed by atoms with Crippen LogP contribution in [0.5, 0.6) is 0 Å². The zero-order valence-electron chi connectivity index (χ0n) is 35.4. The first kappa shape index (κ1) is 36.0. The van der Waals surface area contributed by atoms with E-state index in [4.69, 9.17) is 0 Å². The Kier molecular flexibility index (Phi) is 7.75. The number of para-hydroxylation sites is 6. The van der Waals surface area contributed by atoms with Crippen LogP contribution in [-0.2, 0) is 0 Å². The van der Waals surface area contributed by atoms with E-state index in [0.717, 1.165) is 22.7 Å². The third kappa shape index (κ3) is 5.21. The zero-order chi connectivity index (χ0) is 42.6. The Morgan fingerprint density at radius 1 is 0.277 bits per heavy atom. The number of hydrogen-bond donors (Lipinski definition) is 0. The van der Waals surface area contributed by atoms with E-state index in [1.807, 2.05) is 0 Å². The molecule has 0 saturated carbocycles. The van der Waals surface area contributed by atoms with Crippen molar-refractivity contribution in [1.29, 1.82) is 0 Å². The van der Waals surface area contributed by atoms with E-state index in [1.54, 1.807) is 0 Å². The lowest BCUT2D eigenvalue weighted by Gasteiger charge is -2.45. The molecule has 12 aromatic rings. The summed E-state index contributed by atoms with van der Waals surface area (Å²) in [4.78, 5) is 5.08. The minimum atomic E-state index is -0.0966. The monoisotopic (exact) mass is 826 g/mol. The van der Waals surface area contributed by atoms with Crippen molar-refractivity contribution in [2.75, 3.05) is 9.80 Å². The van der Waals surface area contributed by atoms with Crippen molar-refractivity contribution in [2.24, 2.45) is 0 Å². The number of nitrogens with zero attached hydrogens (tertiary/aromatic N) is 4. The smallest absolute Gasteiger partial charge is 0.253 e. The molecule has 0 bridgehead atoms. The molecule has 0 radical (unpaired) electrons. The molecular formula is C60H39BN4. The summed E-state index contributed by atoms with van der Waals surface area (Å²) in [6.07, 6.45) is 0. The first-order valence-electron chi connectivity index (χ1n) is 22.5. The van der Waals surface area contributed by atoms with Gasteiger partial charge in [-0.1, -0.05) is 152 Å². The van der Waals surface area contributed by atoms with Crippen LogP contribution in [0.1, 0.15) is 0 Å². The number of rotatable bonds is 5. The van der Waals surface area contributed by atoms with Crippen molar-refractivity contribution in [3.05, 3.63) is 237 Å². The summed E-state index contributed by atoms with van der Waals surface area (Å²) in [6.45, 7) is -0.0966. The van der Waals surface area contributed by atoms with Crippen LogP contribution in [0.4, 0.5) is 34.1 Å². The second-order valence-corrected chi connectivity index (χ2v) is 17.3. The number of aromatic nitrogens is 2. The predicted molar refractivity (Wildman–Crippen MR) is 275 cm³/mol. The Labute approximate surface area is 377 Å². The van der Waals surface area contributed by atoms with Gasteiger partial charge >= 0.3 is 0 Å². The third-order valence-corrected chi connectivity index (χ3v) is 13.8. The molecule has 2 aliphatic rings. The summed E-state index contributed by atoms with van der Waals surface area (Å²) in [5.74, 6) is 0. The second kappa shape index (κ2) is 14.0. The van der Waals surface area contributed by atoms with Gasteiger partial charge in [-0.25, -0.2) is 0 Å². The van der Waals surface area contributed by atoms with E-state index in [1.165, 1.54) is 93.9 Å². The fourth-order valence-corrected chi connectivity index (χ4v) is 11.2. The summed E-state index contributed by atoms with van der Waals surface area (Å²) in [5.41, 5.74) is 20.3.